The van der Waals surface area contributed by atoms with Crippen molar-refractivity contribution in [3.8, 4) is 11.1 Å². The van der Waals surface area contributed by atoms with Gasteiger partial charge in [0.15, 0.2) is 5.78 Å². The first-order valence-corrected chi connectivity index (χ1v) is 7.49. The smallest absolute Gasteiger partial charge is 0.163 e. The number of benzene rings is 2. The normalized spacial score (nSPS) is 15.3. The van der Waals surface area contributed by atoms with E-state index in [4.69, 9.17) is 0 Å². The van der Waals surface area contributed by atoms with Crippen molar-refractivity contribution in [2.75, 3.05) is 14.1 Å². The number of rotatable bonds is 3. The Bertz CT molecular complexity index is 688. The maximum absolute atomic E-state index is 11.7. The second kappa shape index (κ2) is 5.45. The number of fused-ring (bicyclic) bond motifs is 1. The van der Waals surface area contributed by atoms with Gasteiger partial charge in [-0.05, 0) is 55.8 Å². The number of aryl methyl sites for hydroxylation is 1. The molecule has 0 aliphatic heterocycles. The van der Waals surface area contributed by atoms with Gasteiger partial charge in [-0.25, -0.2) is 0 Å². The van der Waals surface area contributed by atoms with Crippen LogP contribution < -0.4 is 0 Å². The first kappa shape index (κ1) is 14.0. The lowest BCUT2D eigenvalue weighted by atomic mass is 9.97. The average Bonchev–Trinajstić information content (AvgIpc) is 2.87. The minimum absolute atomic E-state index is 0.284. The Labute approximate surface area is 126 Å². The summed E-state index contributed by atoms with van der Waals surface area (Å²) in [6.45, 7) is 2.21. The summed E-state index contributed by atoms with van der Waals surface area (Å²) in [5.74, 6) is 0.284. The molecule has 2 aromatic rings. The van der Waals surface area contributed by atoms with Crippen LogP contribution in [0, 0.1) is 0 Å². The Hall–Kier alpha value is -1.93. The fourth-order valence-electron chi connectivity index (χ4n) is 2.91. The second-order valence-corrected chi connectivity index (χ2v) is 6.06. The molecular weight excluding hydrogens is 258 g/mol. The SMILES string of the molecule is C[C@H](c1cccc(-c2ccc3c(c2)CCC3=O)c1)N(C)C. The first-order chi connectivity index (χ1) is 10.1. The van der Waals surface area contributed by atoms with Crippen LogP contribution in [-0.2, 0) is 6.42 Å². The lowest BCUT2D eigenvalue weighted by molar-refractivity contribution is 0.0994. The van der Waals surface area contributed by atoms with E-state index < -0.39 is 0 Å². The zero-order valence-corrected chi connectivity index (χ0v) is 12.9. The van der Waals surface area contributed by atoms with Crippen molar-refractivity contribution in [3.63, 3.8) is 0 Å². The number of Topliss-reactive ketones (excluding diaryl/α,β-unsaturated/α-hetero) is 1. The van der Waals surface area contributed by atoms with Crippen LogP contribution in [0.25, 0.3) is 11.1 Å². The van der Waals surface area contributed by atoms with Crippen molar-refractivity contribution in [2.24, 2.45) is 0 Å². The van der Waals surface area contributed by atoms with Gasteiger partial charge in [-0.1, -0.05) is 36.4 Å². The Morgan fingerprint density at radius 3 is 2.52 bits per heavy atom. The van der Waals surface area contributed by atoms with Gasteiger partial charge in [-0.3, -0.25) is 4.79 Å². The van der Waals surface area contributed by atoms with Gasteiger partial charge in [-0.15, -0.1) is 0 Å². The molecule has 3 rings (SSSR count). The highest BCUT2D eigenvalue weighted by Crippen LogP contribution is 2.30. The fourth-order valence-corrected chi connectivity index (χ4v) is 2.91. The molecule has 0 bridgehead atoms. The number of nitrogens with zero attached hydrogens (tertiary/aromatic N) is 1. The lowest BCUT2D eigenvalue weighted by Gasteiger charge is -2.20. The summed E-state index contributed by atoms with van der Waals surface area (Å²) in [6, 6.07) is 15.3. The molecule has 2 heteroatoms. The molecule has 0 fully saturated rings. The van der Waals surface area contributed by atoms with Gasteiger partial charge in [0.25, 0.3) is 0 Å². The zero-order valence-electron chi connectivity index (χ0n) is 12.9. The van der Waals surface area contributed by atoms with Gasteiger partial charge in [0.1, 0.15) is 0 Å². The van der Waals surface area contributed by atoms with Crippen molar-refractivity contribution in [1.29, 1.82) is 0 Å². The molecule has 0 N–H and O–H groups in total. The number of carbonyl (C=O) groups excluding carboxylic acids is 1. The first-order valence-electron chi connectivity index (χ1n) is 7.49. The molecule has 0 heterocycles. The van der Waals surface area contributed by atoms with Gasteiger partial charge < -0.3 is 4.90 Å². The summed E-state index contributed by atoms with van der Waals surface area (Å²) < 4.78 is 0. The summed E-state index contributed by atoms with van der Waals surface area (Å²) in [5, 5.41) is 0. The Morgan fingerprint density at radius 1 is 1.00 bits per heavy atom. The van der Waals surface area contributed by atoms with Crippen LogP contribution >= 0.6 is 0 Å². The van der Waals surface area contributed by atoms with Crippen LogP contribution in [0.1, 0.15) is 40.9 Å². The summed E-state index contributed by atoms with van der Waals surface area (Å²) in [5.41, 5.74) is 5.86. The van der Waals surface area contributed by atoms with Crippen LogP contribution in [-0.4, -0.2) is 24.8 Å². The van der Waals surface area contributed by atoms with Crippen molar-refractivity contribution in [2.45, 2.75) is 25.8 Å². The van der Waals surface area contributed by atoms with Gasteiger partial charge in [0.05, 0.1) is 0 Å². The number of ketones is 1. The molecule has 0 saturated heterocycles. The average molecular weight is 279 g/mol. The third-order valence-corrected chi connectivity index (χ3v) is 4.50. The van der Waals surface area contributed by atoms with E-state index in [1.165, 1.54) is 22.3 Å². The van der Waals surface area contributed by atoms with E-state index in [2.05, 4.69) is 62.3 Å². The molecule has 21 heavy (non-hydrogen) atoms. The summed E-state index contributed by atoms with van der Waals surface area (Å²) >= 11 is 0. The fraction of sp³-hybridized carbons (Fsp3) is 0.316. The highest BCUT2D eigenvalue weighted by atomic mass is 16.1. The van der Waals surface area contributed by atoms with E-state index in [1.54, 1.807) is 0 Å². The van der Waals surface area contributed by atoms with Crippen LogP contribution in [0.3, 0.4) is 0 Å². The van der Waals surface area contributed by atoms with Gasteiger partial charge in [-0.2, -0.15) is 0 Å². The number of hydrogen-bond acceptors (Lipinski definition) is 2. The Morgan fingerprint density at radius 2 is 1.76 bits per heavy atom. The lowest BCUT2D eigenvalue weighted by Crippen LogP contribution is -2.16. The monoisotopic (exact) mass is 279 g/mol. The predicted octanol–water partition coefficient (Wildman–Crippen LogP) is 4.11. The summed E-state index contributed by atoms with van der Waals surface area (Å²) in [4.78, 5) is 13.9. The molecule has 0 unspecified atom stereocenters. The van der Waals surface area contributed by atoms with Crippen LogP contribution in [0.15, 0.2) is 42.5 Å². The van der Waals surface area contributed by atoms with Gasteiger partial charge in [0.2, 0.25) is 0 Å². The van der Waals surface area contributed by atoms with Crippen molar-refractivity contribution in [1.82, 2.24) is 4.90 Å². The minimum Gasteiger partial charge on any atom is -0.303 e. The minimum atomic E-state index is 0.284. The molecule has 2 nitrogen and oxygen atoms in total. The maximum atomic E-state index is 11.7. The van der Waals surface area contributed by atoms with Crippen LogP contribution in [0.2, 0.25) is 0 Å². The van der Waals surface area contributed by atoms with Crippen molar-refractivity contribution in [3.05, 3.63) is 59.2 Å². The topological polar surface area (TPSA) is 20.3 Å². The van der Waals surface area contributed by atoms with Crippen molar-refractivity contribution < 1.29 is 4.79 Å². The largest absolute Gasteiger partial charge is 0.303 e. The van der Waals surface area contributed by atoms with E-state index in [0.29, 0.717) is 12.5 Å². The van der Waals surface area contributed by atoms with Crippen LogP contribution in [0.5, 0.6) is 0 Å². The molecule has 0 saturated carbocycles. The molecule has 108 valence electrons. The molecular formula is C19H21NO. The van der Waals surface area contributed by atoms with E-state index in [9.17, 15) is 4.79 Å². The van der Waals surface area contributed by atoms with E-state index in [0.717, 1.165) is 12.0 Å². The molecule has 1 atom stereocenters. The predicted molar refractivity (Wildman–Crippen MR) is 86.6 cm³/mol. The highest BCUT2D eigenvalue weighted by molar-refractivity contribution is 6.00. The van der Waals surface area contributed by atoms with Crippen molar-refractivity contribution >= 4 is 5.78 Å². The van der Waals surface area contributed by atoms with Gasteiger partial charge in [0, 0.05) is 18.0 Å². The molecule has 2 aromatic carbocycles. The second-order valence-electron chi connectivity index (χ2n) is 6.06. The standard InChI is InChI=1S/C19H21NO/c1-13(20(2)3)14-5-4-6-15(11-14)16-7-9-18-17(12-16)8-10-19(18)21/h4-7,9,11-13H,8,10H2,1-3H3/t13-/m1/s1. The molecule has 0 radical (unpaired) electrons. The molecule has 1 aliphatic rings. The molecule has 0 aromatic heterocycles. The van der Waals surface area contributed by atoms with E-state index in [-0.39, 0.29) is 5.78 Å². The van der Waals surface area contributed by atoms with Gasteiger partial charge >= 0.3 is 0 Å². The summed E-state index contributed by atoms with van der Waals surface area (Å²) in [6.07, 6.45) is 1.55. The molecule has 1 aliphatic carbocycles. The van der Waals surface area contributed by atoms with E-state index >= 15 is 0 Å². The Balaban J connectivity index is 1.98. The number of hydrogen-bond donors (Lipinski definition) is 0. The quantitative estimate of drug-likeness (QED) is 0.843. The maximum Gasteiger partial charge on any atom is 0.163 e. The van der Waals surface area contributed by atoms with E-state index in [1.807, 2.05) is 6.07 Å². The molecule has 0 spiro atoms. The Kier molecular flexibility index (Phi) is 3.64. The zero-order chi connectivity index (χ0) is 15.0. The summed E-state index contributed by atoms with van der Waals surface area (Å²) in [7, 11) is 4.19. The third kappa shape index (κ3) is 2.64. The van der Waals surface area contributed by atoms with Crippen LogP contribution in [0.4, 0.5) is 0 Å². The number of carbonyl (C=O) groups is 1. The third-order valence-electron chi connectivity index (χ3n) is 4.50. The molecule has 0 amide bonds. The highest BCUT2D eigenvalue weighted by Gasteiger charge is 2.19.